The van der Waals surface area contributed by atoms with Crippen molar-refractivity contribution < 1.29 is 0 Å². The van der Waals surface area contributed by atoms with Gasteiger partial charge < -0.3 is 0 Å². The Bertz CT molecular complexity index is 342. The zero-order valence-corrected chi connectivity index (χ0v) is 11.0. The van der Waals surface area contributed by atoms with Crippen LogP contribution in [-0.4, -0.2) is 15.2 Å². The lowest BCUT2D eigenvalue weighted by atomic mass is 10.1. The number of alkyl halides is 1. The third-order valence-corrected chi connectivity index (χ3v) is 4.01. The smallest absolute Gasteiger partial charge is 0.0624 e. The SMILES string of the molecule is CCc1cc(CCCC(Cl)C2CC2)n(C)n1. The second kappa shape index (κ2) is 5.22. The molecular weight excluding hydrogens is 220 g/mol. The number of rotatable bonds is 6. The summed E-state index contributed by atoms with van der Waals surface area (Å²) in [5.74, 6) is 0.819. The third kappa shape index (κ3) is 3.00. The molecule has 16 heavy (non-hydrogen) atoms. The fourth-order valence-corrected chi connectivity index (χ4v) is 2.56. The molecule has 1 aliphatic rings. The molecule has 2 nitrogen and oxygen atoms in total. The Morgan fingerprint density at radius 3 is 2.88 bits per heavy atom. The Kier molecular flexibility index (Phi) is 3.91. The van der Waals surface area contributed by atoms with E-state index >= 15 is 0 Å². The minimum absolute atomic E-state index is 0.416. The molecule has 90 valence electrons. The Hall–Kier alpha value is -0.500. The lowest BCUT2D eigenvalue weighted by molar-refractivity contribution is 0.611. The van der Waals surface area contributed by atoms with E-state index in [0.29, 0.717) is 5.38 Å². The number of hydrogen-bond donors (Lipinski definition) is 0. The Morgan fingerprint density at radius 1 is 1.56 bits per heavy atom. The molecule has 1 heterocycles. The molecule has 2 rings (SSSR count). The summed E-state index contributed by atoms with van der Waals surface area (Å²) in [5.41, 5.74) is 2.54. The van der Waals surface area contributed by atoms with E-state index in [1.165, 1.54) is 30.7 Å². The highest BCUT2D eigenvalue weighted by Gasteiger charge is 2.28. The van der Waals surface area contributed by atoms with E-state index in [4.69, 9.17) is 11.6 Å². The van der Waals surface area contributed by atoms with Crippen molar-refractivity contribution in [2.45, 2.75) is 50.8 Å². The predicted octanol–water partition coefficient (Wildman–Crippen LogP) is 3.32. The van der Waals surface area contributed by atoms with Crippen LogP contribution in [0.2, 0.25) is 0 Å². The van der Waals surface area contributed by atoms with E-state index < -0.39 is 0 Å². The van der Waals surface area contributed by atoms with E-state index in [9.17, 15) is 0 Å². The Morgan fingerprint density at radius 2 is 2.31 bits per heavy atom. The first-order chi connectivity index (χ1) is 7.70. The number of nitrogens with zero attached hydrogens (tertiary/aromatic N) is 2. The molecule has 0 radical (unpaired) electrons. The first kappa shape index (κ1) is 12.0. The standard InChI is InChI=1S/C13H21ClN2/c1-3-11-9-12(16(2)15-11)5-4-6-13(14)10-7-8-10/h9-10,13H,3-8H2,1-2H3. The quantitative estimate of drug-likeness (QED) is 0.698. The summed E-state index contributed by atoms with van der Waals surface area (Å²) < 4.78 is 2.01. The maximum Gasteiger partial charge on any atom is 0.0624 e. The maximum absolute atomic E-state index is 6.29. The number of aryl methyl sites for hydroxylation is 3. The molecule has 1 aromatic rings. The van der Waals surface area contributed by atoms with Gasteiger partial charge in [0.2, 0.25) is 0 Å². The lowest BCUT2D eigenvalue weighted by Crippen LogP contribution is -2.03. The fourth-order valence-electron chi connectivity index (χ4n) is 2.15. The van der Waals surface area contributed by atoms with Crippen molar-refractivity contribution in [2.24, 2.45) is 13.0 Å². The molecule has 0 aliphatic heterocycles. The fraction of sp³-hybridized carbons (Fsp3) is 0.769. The maximum atomic E-state index is 6.29. The third-order valence-electron chi connectivity index (χ3n) is 3.44. The predicted molar refractivity (Wildman–Crippen MR) is 67.9 cm³/mol. The minimum Gasteiger partial charge on any atom is -0.272 e. The van der Waals surface area contributed by atoms with Crippen molar-refractivity contribution in [1.29, 1.82) is 0 Å². The van der Waals surface area contributed by atoms with Crippen LogP contribution in [0.3, 0.4) is 0 Å². The average Bonchev–Trinajstić information content (AvgIpc) is 3.05. The summed E-state index contributed by atoms with van der Waals surface area (Å²) >= 11 is 6.29. The summed E-state index contributed by atoms with van der Waals surface area (Å²) in [7, 11) is 2.04. The van der Waals surface area contributed by atoms with Crippen molar-refractivity contribution >= 4 is 11.6 Å². The van der Waals surface area contributed by atoms with E-state index in [0.717, 1.165) is 25.2 Å². The van der Waals surface area contributed by atoms with Gasteiger partial charge in [-0.3, -0.25) is 4.68 Å². The number of halogens is 1. The summed E-state index contributed by atoms with van der Waals surface area (Å²) in [5, 5.41) is 4.87. The lowest BCUT2D eigenvalue weighted by Gasteiger charge is -2.07. The average molecular weight is 241 g/mol. The van der Waals surface area contributed by atoms with Gasteiger partial charge in [0.15, 0.2) is 0 Å². The number of hydrogen-bond acceptors (Lipinski definition) is 1. The first-order valence-corrected chi connectivity index (χ1v) is 6.80. The van der Waals surface area contributed by atoms with Crippen LogP contribution >= 0.6 is 11.6 Å². The molecule has 1 saturated carbocycles. The van der Waals surface area contributed by atoms with Gasteiger partial charge in [-0.2, -0.15) is 5.10 Å². The van der Waals surface area contributed by atoms with Gasteiger partial charge in [-0.25, -0.2) is 0 Å². The van der Waals surface area contributed by atoms with E-state index in [2.05, 4.69) is 18.1 Å². The van der Waals surface area contributed by atoms with Gasteiger partial charge >= 0.3 is 0 Å². The monoisotopic (exact) mass is 240 g/mol. The number of aromatic nitrogens is 2. The Balaban J connectivity index is 1.77. The molecule has 1 unspecified atom stereocenters. The molecule has 1 atom stereocenters. The molecule has 0 spiro atoms. The second-order valence-electron chi connectivity index (χ2n) is 4.85. The van der Waals surface area contributed by atoms with Crippen LogP contribution in [0.4, 0.5) is 0 Å². The van der Waals surface area contributed by atoms with E-state index in [-0.39, 0.29) is 0 Å². The van der Waals surface area contributed by atoms with Gasteiger partial charge in [-0.15, -0.1) is 11.6 Å². The highest BCUT2D eigenvalue weighted by Crippen LogP contribution is 2.37. The molecule has 0 N–H and O–H groups in total. The molecule has 0 amide bonds. The van der Waals surface area contributed by atoms with Crippen LogP contribution < -0.4 is 0 Å². The van der Waals surface area contributed by atoms with Gasteiger partial charge in [0.1, 0.15) is 0 Å². The molecule has 0 aromatic carbocycles. The van der Waals surface area contributed by atoms with Crippen molar-refractivity contribution in [3.8, 4) is 0 Å². The van der Waals surface area contributed by atoms with Crippen molar-refractivity contribution in [3.05, 3.63) is 17.5 Å². The highest BCUT2D eigenvalue weighted by atomic mass is 35.5. The summed E-state index contributed by atoms with van der Waals surface area (Å²) in [6.45, 7) is 2.15. The zero-order chi connectivity index (χ0) is 11.5. The topological polar surface area (TPSA) is 17.8 Å². The van der Waals surface area contributed by atoms with Gasteiger partial charge in [0.05, 0.1) is 5.69 Å². The van der Waals surface area contributed by atoms with E-state index in [1.807, 2.05) is 11.7 Å². The van der Waals surface area contributed by atoms with Gasteiger partial charge in [-0.1, -0.05) is 6.92 Å². The molecule has 1 fully saturated rings. The van der Waals surface area contributed by atoms with E-state index in [1.54, 1.807) is 0 Å². The molecule has 1 aromatic heterocycles. The highest BCUT2D eigenvalue weighted by molar-refractivity contribution is 6.20. The molecule has 0 bridgehead atoms. The Labute approximate surface area is 103 Å². The van der Waals surface area contributed by atoms with Crippen LogP contribution in [0.25, 0.3) is 0 Å². The minimum atomic E-state index is 0.416. The normalized spacial score (nSPS) is 17.7. The van der Waals surface area contributed by atoms with Gasteiger partial charge in [0, 0.05) is 18.1 Å². The van der Waals surface area contributed by atoms with Crippen LogP contribution in [0, 0.1) is 5.92 Å². The first-order valence-electron chi connectivity index (χ1n) is 6.36. The summed E-state index contributed by atoms with van der Waals surface area (Å²) in [4.78, 5) is 0. The van der Waals surface area contributed by atoms with Crippen LogP contribution in [0.15, 0.2) is 6.07 Å². The van der Waals surface area contributed by atoms with Crippen molar-refractivity contribution in [3.63, 3.8) is 0 Å². The summed E-state index contributed by atoms with van der Waals surface area (Å²) in [6, 6.07) is 2.22. The van der Waals surface area contributed by atoms with Crippen molar-refractivity contribution in [2.75, 3.05) is 0 Å². The molecule has 1 aliphatic carbocycles. The summed E-state index contributed by atoms with van der Waals surface area (Å²) in [6.07, 6.45) is 7.17. The largest absolute Gasteiger partial charge is 0.272 e. The molecular formula is C13H21ClN2. The van der Waals surface area contributed by atoms with Crippen LogP contribution in [-0.2, 0) is 19.9 Å². The van der Waals surface area contributed by atoms with Gasteiger partial charge in [0.25, 0.3) is 0 Å². The second-order valence-corrected chi connectivity index (χ2v) is 5.41. The van der Waals surface area contributed by atoms with Crippen LogP contribution in [0.5, 0.6) is 0 Å². The molecule has 0 saturated heterocycles. The van der Waals surface area contributed by atoms with Crippen molar-refractivity contribution in [1.82, 2.24) is 9.78 Å². The zero-order valence-electron chi connectivity index (χ0n) is 10.2. The molecule has 3 heteroatoms. The van der Waals surface area contributed by atoms with Gasteiger partial charge in [-0.05, 0) is 50.5 Å². The van der Waals surface area contributed by atoms with Crippen LogP contribution in [0.1, 0.15) is 44.0 Å².